The summed E-state index contributed by atoms with van der Waals surface area (Å²) in [5.41, 5.74) is 7.16. The predicted octanol–water partition coefficient (Wildman–Crippen LogP) is 2.74. The van der Waals surface area contributed by atoms with Gasteiger partial charge in [-0.05, 0) is 56.5 Å². The van der Waals surface area contributed by atoms with Crippen molar-refractivity contribution in [1.29, 1.82) is 0 Å². The SMILES string of the molecule is NCc1ccc(N2CCC(N3CCCCC3)CC2)c(F)c1. The second-order valence-corrected chi connectivity index (χ2v) is 6.30. The number of nitrogens with zero attached hydrogens (tertiary/aromatic N) is 2. The molecule has 116 valence electrons. The molecule has 0 spiro atoms. The number of halogens is 1. The summed E-state index contributed by atoms with van der Waals surface area (Å²) in [5.74, 6) is -0.130. The van der Waals surface area contributed by atoms with Crippen LogP contribution in [0.5, 0.6) is 0 Å². The van der Waals surface area contributed by atoms with Gasteiger partial charge in [0.05, 0.1) is 5.69 Å². The zero-order chi connectivity index (χ0) is 14.7. The quantitative estimate of drug-likeness (QED) is 0.929. The first-order valence-electron chi connectivity index (χ1n) is 8.25. The first-order valence-corrected chi connectivity index (χ1v) is 8.25. The molecule has 1 aromatic carbocycles. The molecule has 0 radical (unpaired) electrons. The Morgan fingerprint density at radius 2 is 1.76 bits per heavy atom. The van der Waals surface area contributed by atoms with Gasteiger partial charge in [0.1, 0.15) is 5.82 Å². The fraction of sp³-hybridized carbons (Fsp3) is 0.647. The molecule has 0 bridgehead atoms. The third-order valence-corrected chi connectivity index (χ3v) is 4.96. The van der Waals surface area contributed by atoms with Gasteiger partial charge in [-0.15, -0.1) is 0 Å². The number of nitrogens with two attached hydrogens (primary N) is 1. The molecular weight excluding hydrogens is 265 g/mol. The van der Waals surface area contributed by atoms with Crippen LogP contribution in [0.4, 0.5) is 10.1 Å². The van der Waals surface area contributed by atoms with Gasteiger partial charge in [-0.2, -0.15) is 0 Å². The molecule has 0 amide bonds. The first-order chi connectivity index (χ1) is 10.3. The minimum absolute atomic E-state index is 0.130. The summed E-state index contributed by atoms with van der Waals surface area (Å²) < 4.78 is 14.2. The highest BCUT2D eigenvalue weighted by atomic mass is 19.1. The van der Waals surface area contributed by atoms with Crippen molar-refractivity contribution in [3.8, 4) is 0 Å². The predicted molar refractivity (Wildman–Crippen MR) is 85.0 cm³/mol. The standard InChI is InChI=1S/C17H26FN3/c18-16-12-14(13-19)4-5-17(16)21-10-6-15(7-11-21)20-8-2-1-3-9-20/h4-5,12,15H,1-3,6-11,13,19H2. The smallest absolute Gasteiger partial charge is 0.146 e. The van der Waals surface area contributed by atoms with Crippen LogP contribution in [-0.2, 0) is 6.54 Å². The fourth-order valence-electron chi connectivity index (χ4n) is 3.69. The fourth-order valence-corrected chi connectivity index (χ4v) is 3.69. The molecule has 2 fully saturated rings. The molecule has 2 saturated heterocycles. The molecule has 2 aliphatic rings. The average Bonchev–Trinajstić information content (AvgIpc) is 2.56. The van der Waals surface area contributed by atoms with Crippen LogP contribution in [0.15, 0.2) is 18.2 Å². The molecule has 1 aromatic rings. The summed E-state index contributed by atoms with van der Waals surface area (Å²) in [6.07, 6.45) is 6.37. The Bertz CT molecular complexity index is 463. The molecule has 2 heterocycles. The van der Waals surface area contributed by atoms with E-state index in [9.17, 15) is 4.39 Å². The first kappa shape index (κ1) is 14.8. The van der Waals surface area contributed by atoms with Crippen molar-refractivity contribution < 1.29 is 4.39 Å². The van der Waals surface area contributed by atoms with Crippen LogP contribution in [0.3, 0.4) is 0 Å². The van der Waals surface area contributed by atoms with Gasteiger partial charge in [-0.1, -0.05) is 12.5 Å². The van der Waals surface area contributed by atoms with Crippen LogP contribution in [-0.4, -0.2) is 37.1 Å². The molecule has 21 heavy (non-hydrogen) atoms. The van der Waals surface area contributed by atoms with Crippen molar-refractivity contribution in [3.05, 3.63) is 29.6 Å². The summed E-state index contributed by atoms with van der Waals surface area (Å²) in [7, 11) is 0. The van der Waals surface area contributed by atoms with E-state index in [1.165, 1.54) is 32.4 Å². The molecule has 2 N–H and O–H groups in total. The van der Waals surface area contributed by atoms with Crippen molar-refractivity contribution in [2.45, 2.75) is 44.7 Å². The monoisotopic (exact) mass is 291 g/mol. The van der Waals surface area contributed by atoms with E-state index >= 15 is 0 Å². The summed E-state index contributed by atoms with van der Waals surface area (Å²) in [4.78, 5) is 4.84. The Morgan fingerprint density at radius 1 is 1.05 bits per heavy atom. The number of benzene rings is 1. The Balaban J connectivity index is 1.60. The lowest BCUT2D eigenvalue weighted by molar-refractivity contribution is 0.141. The van der Waals surface area contributed by atoms with Crippen molar-refractivity contribution in [2.75, 3.05) is 31.1 Å². The number of hydrogen-bond acceptors (Lipinski definition) is 3. The van der Waals surface area contributed by atoms with Gasteiger partial charge in [0.25, 0.3) is 0 Å². The number of hydrogen-bond donors (Lipinski definition) is 1. The van der Waals surface area contributed by atoms with E-state index in [-0.39, 0.29) is 5.82 Å². The number of likely N-dealkylation sites (tertiary alicyclic amines) is 1. The number of anilines is 1. The lowest BCUT2D eigenvalue weighted by Gasteiger charge is -2.41. The maximum absolute atomic E-state index is 14.2. The van der Waals surface area contributed by atoms with E-state index < -0.39 is 0 Å². The zero-order valence-corrected chi connectivity index (χ0v) is 12.7. The van der Waals surface area contributed by atoms with Gasteiger partial charge < -0.3 is 15.5 Å². The molecular formula is C17H26FN3. The van der Waals surface area contributed by atoms with Gasteiger partial charge in [0.2, 0.25) is 0 Å². The minimum atomic E-state index is -0.130. The van der Waals surface area contributed by atoms with E-state index in [4.69, 9.17) is 5.73 Å². The summed E-state index contributed by atoms with van der Waals surface area (Å²) in [6, 6.07) is 6.10. The second-order valence-electron chi connectivity index (χ2n) is 6.30. The van der Waals surface area contributed by atoms with Crippen LogP contribution in [0.2, 0.25) is 0 Å². The van der Waals surface area contributed by atoms with Gasteiger partial charge >= 0.3 is 0 Å². The molecule has 0 aliphatic carbocycles. The van der Waals surface area contributed by atoms with Crippen LogP contribution in [0.1, 0.15) is 37.7 Å². The Labute approximate surface area is 126 Å². The third kappa shape index (κ3) is 3.38. The third-order valence-electron chi connectivity index (χ3n) is 4.96. The van der Waals surface area contributed by atoms with Crippen LogP contribution in [0.25, 0.3) is 0 Å². The van der Waals surface area contributed by atoms with Crippen molar-refractivity contribution in [3.63, 3.8) is 0 Å². The highest BCUT2D eigenvalue weighted by Gasteiger charge is 2.26. The Kier molecular flexibility index (Phi) is 4.76. The van der Waals surface area contributed by atoms with Gasteiger partial charge in [0.15, 0.2) is 0 Å². The van der Waals surface area contributed by atoms with Crippen LogP contribution in [0, 0.1) is 5.82 Å². The Hall–Kier alpha value is -1.13. The lowest BCUT2D eigenvalue weighted by Crippen LogP contribution is -2.46. The number of piperidine rings is 2. The van der Waals surface area contributed by atoms with E-state index in [0.29, 0.717) is 12.6 Å². The van der Waals surface area contributed by atoms with E-state index in [0.717, 1.165) is 37.2 Å². The highest BCUT2D eigenvalue weighted by Crippen LogP contribution is 2.27. The van der Waals surface area contributed by atoms with E-state index in [1.807, 2.05) is 12.1 Å². The number of rotatable bonds is 3. The van der Waals surface area contributed by atoms with Gasteiger partial charge in [-0.25, -0.2) is 4.39 Å². The molecule has 0 saturated carbocycles. The van der Waals surface area contributed by atoms with Crippen LogP contribution >= 0.6 is 0 Å². The molecule has 0 atom stereocenters. The molecule has 4 heteroatoms. The molecule has 2 aliphatic heterocycles. The lowest BCUT2D eigenvalue weighted by atomic mass is 9.99. The normalized spacial score (nSPS) is 21.7. The summed E-state index contributed by atoms with van der Waals surface area (Å²) in [5, 5.41) is 0. The average molecular weight is 291 g/mol. The Morgan fingerprint density at radius 3 is 2.38 bits per heavy atom. The molecule has 0 unspecified atom stereocenters. The van der Waals surface area contributed by atoms with Crippen molar-refractivity contribution >= 4 is 5.69 Å². The zero-order valence-electron chi connectivity index (χ0n) is 12.7. The molecule has 0 aromatic heterocycles. The van der Waals surface area contributed by atoms with E-state index in [2.05, 4.69) is 9.80 Å². The topological polar surface area (TPSA) is 32.5 Å². The molecule has 3 rings (SSSR count). The highest BCUT2D eigenvalue weighted by molar-refractivity contribution is 5.49. The second kappa shape index (κ2) is 6.75. The van der Waals surface area contributed by atoms with Crippen molar-refractivity contribution in [2.24, 2.45) is 5.73 Å². The minimum Gasteiger partial charge on any atom is -0.369 e. The molecule has 3 nitrogen and oxygen atoms in total. The van der Waals surface area contributed by atoms with E-state index in [1.54, 1.807) is 6.07 Å². The van der Waals surface area contributed by atoms with Crippen molar-refractivity contribution in [1.82, 2.24) is 4.90 Å². The summed E-state index contributed by atoms with van der Waals surface area (Å²) >= 11 is 0. The van der Waals surface area contributed by atoms with Gasteiger partial charge in [-0.3, -0.25) is 0 Å². The van der Waals surface area contributed by atoms with Crippen LogP contribution < -0.4 is 10.6 Å². The summed E-state index contributed by atoms with van der Waals surface area (Å²) in [6.45, 7) is 4.82. The maximum Gasteiger partial charge on any atom is 0.146 e. The van der Waals surface area contributed by atoms with Gasteiger partial charge in [0, 0.05) is 25.7 Å². The maximum atomic E-state index is 14.2. The largest absolute Gasteiger partial charge is 0.369 e.